The fourth-order valence-electron chi connectivity index (χ4n) is 2.74. The van der Waals surface area contributed by atoms with Crippen LogP contribution in [0.15, 0.2) is 48.5 Å². The average molecular weight is 364 g/mol. The molecule has 0 aliphatic carbocycles. The smallest absolute Gasteiger partial charge is 0.416 e. The van der Waals surface area contributed by atoms with E-state index in [-0.39, 0.29) is 18.6 Å². The van der Waals surface area contributed by atoms with Gasteiger partial charge in [0.2, 0.25) is 5.91 Å². The van der Waals surface area contributed by atoms with Crippen molar-refractivity contribution in [3.8, 4) is 5.75 Å². The summed E-state index contributed by atoms with van der Waals surface area (Å²) in [5, 5.41) is 5.95. The number of rotatable bonds is 6. The number of hydrogen-bond acceptors (Lipinski definition) is 3. The van der Waals surface area contributed by atoms with Gasteiger partial charge in [-0.2, -0.15) is 13.2 Å². The van der Waals surface area contributed by atoms with Crippen LogP contribution in [-0.4, -0.2) is 18.5 Å². The molecule has 0 aromatic heterocycles. The van der Waals surface area contributed by atoms with E-state index >= 15 is 0 Å². The Morgan fingerprint density at radius 3 is 2.54 bits per heavy atom. The molecular weight excluding hydrogens is 345 g/mol. The third-order valence-electron chi connectivity index (χ3n) is 4.18. The van der Waals surface area contributed by atoms with Crippen molar-refractivity contribution in [1.82, 2.24) is 10.6 Å². The lowest BCUT2D eigenvalue weighted by atomic mass is 10.1. The highest BCUT2D eigenvalue weighted by Crippen LogP contribution is 2.29. The van der Waals surface area contributed by atoms with Crippen molar-refractivity contribution in [2.45, 2.75) is 31.8 Å². The maximum Gasteiger partial charge on any atom is 0.416 e. The highest BCUT2D eigenvalue weighted by atomic mass is 19.4. The molecule has 4 nitrogen and oxygen atoms in total. The van der Waals surface area contributed by atoms with Gasteiger partial charge in [-0.05, 0) is 41.8 Å². The van der Waals surface area contributed by atoms with Gasteiger partial charge in [0.1, 0.15) is 12.4 Å². The number of carbonyl (C=O) groups is 1. The van der Waals surface area contributed by atoms with Gasteiger partial charge in [0.05, 0.1) is 11.6 Å². The van der Waals surface area contributed by atoms with Crippen molar-refractivity contribution in [2.24, 2.45) is 0 Å². The van der Waals surface area contributed by atoms with Crippen LogP contribution >= 0.6 is 0 Å². The quantitative estimate of drug-likeness (QED) is 0.827. The average Bonchev–Trinajstić information content (AvgIpc) is 3.03. The maximum atomic E-state index is 12.7. The number of carbonyl (C=O) groups excluding carboxylic acids is 1. The summed E-state index contributed by atoms with van der Waals surface area (Å²) in [6.45, 7) is 1.31. The Labute approximate surface area is 149 Å². The van der Waals surface area contributed by atoms with E-state index in [1.807, 2.05) is 12.1 Å². The van der Waals surface area contributed by atoms with Crippen LogP contribution < -0.4 is 15.4 Å². The molecule has 1 atom stereocenters. The van der Waals surface area contributed by atoms with Crippen LogP contribution in [0.4, 0.5) is 13.2 Å². The molecule has 0 bridgehead atoms. The van der Waals surface area contributed by atoms with E-state index in [4.69, 9.17) is 4.74 Å². The van der Waals surface area contributed by atoms with Gasteiger partial charge in [0.15, 0.2) is 0 Å². The minimum absolute atomic E-state index is 0.0195. The van der Waals surface area contributed by atoms with Gasteiger partial charge in [-0.1, -0.05) is 24.3 Å². The molecule has 1 aliphatic rings. The number of alkyl halides is 3. The summed E-state index contributed by atoms with van der Waals surface area (Å²) in [4.78, 5) is 11.5. The fourth-order valence-corrected chi connectivity index (χ4v) is 2.74. The van der Waals surface area contributed by atoms with Gasteiger partial charge < -0.3 is 15.4 Å². The Bertz CT molecular complexity index is 760. The number of nitrogens with one attached hydrogen (secondary N) is 2. The molecule has 1 aliphatic heterocycles. The molecule has 2 N–H and O–H groups in total. The Morgan fingerprint density at radius 1 is 1.12 bits per heavy atom. The number of ether oxygens (including phenoxy) is 1. The Kier molecular flexibility index (Phi) is 5.46. The molecule has 2 aromatic carbocycles. The van der Waals surface area contributed by atoms with Crippen molar-refractivity contribution in [3.05, 3.63) is 65.2 Å². The molecule has 1 unspecified atom stereocenters. The Balaban J connectivity index is 1.52. The normalized spacial score (nSPS) is 17.2. The van der Waals surface area contributed by atoms with E-state index in [9.17, 15) is 18.0 Å². The lowest BCUT2D eigenvalue weighted by Gasteiger charge is -2.12. The van der Waals surface area contributed by atoms with Gasteiger partial charge in [0.25, 0.3) is 0 Å². The van der Waals surface area contributed by atoms with Crippen molar-refractivity contribution in [1.29, 1.82) is 0 Å². The van der Waals surface area contributed by atoms with Crippen molar-refractivity contribution < 1.29 is 22.7 Å². The van der Waals surface area contributed by atoms with Crippen LogP contribution in [0.1, 0.15) is 23.1 Å². The zero-order valence-electron chi connectivity index (χ0n) is 14.0. The molecule has 2 aromatic rings. The first-order valence-electron chi connectivity index (χ1n) is 8.31. The predicted molar refractivity (Wildman–Crippen MR) is 90.5 cm³/mol. The first-order valence-corrected chi connectivity index (χ1v) is 8.31. The standard InChI is InChI=1S/C19H19F3N2O2/c20-19(21,22)15-3-1-2-14(10-15)12-26-16-6-4-13(5-7-16)11-24-17-8-9-23-18(17)25/h1-7,10,17,24H,8-9,11-12H2,(H,23,25). The zero-order valence-corrected chi connectivity index (χ0v) is 14.0. The van der Waals surface area contributed by atoms with E-state index in [0.29, 0.717) is 24.4 Å². The largest absolute Gasteiger partial charge is 0.489 e. The Morgan fingerprint density at radius 2 is 1.88 bits per heavy atom. The fraction of sp³-hybridized carbons (Fsp3) is 0.316. The molecule has 1 heterocycles. The van der Waals surface area contributed by atoms with E-state index in [1.54, 1.807) is 18.2 Å². The second-order valence-corrected chi connectivity index (χ2v) is 6.14. The topological polar surface area (TPSA) is 50.4 Å². The van der Waals surface area contributed by atoms with Gasteiger partial charge in [-0.25, -0.2) is 0 Å². The monoisotopic (exact) mass is 364 g/mol. The van der Waals surface area contributed by atoms with E-state index in [2.05, 4.69) is 10.6 Å². The molecule has 1 amide bonds. The van der Waals surface area contributed by atoms with Crippen LogP contribution in [0.25, 0.3) is 0 Å². The molecule has 26 heavy (non-hydrogen) atoms. The maximum absolute atomic E-state index is 12.7. The second kappa shape index (κ2) is 7.78. The zero-order chi connectivity index (χ0) is 18.6. The lowest BCUT2D eigenvalue weighted by Crippen LogP contribution is -2.35. The summed E-state index contributed by atoms with van der Waals surface area (Å²) in [5.74, 6) is 0.593. The SMILES string of the molecule is O=C1NCCC1NCc1ccc(OCc2cccc(C(F)(F)F)c2)cc1. The minimum Gasteiger partial charge on any atom is -0.489 e. The summed E-state index contributed by atoms with van der Waals surface area (Å²) in [7, 11) is 0. The molecule has 0 saturated carbocycles. The van der Waals surface area contributed by atoms with Gasteiger partial charge in [0, 0.05) is 13.1 Å². The van der Waals surface area contributed by atoms with Gasteiger partial charge in [-0.15, -0.1) is 0 Å². The molecule has 3 rings (SSSR count). The van der Waals surface area contributed by atoms with E-state index < -0.39 is 11.7 Å². The number of benzene rings is 2. The van der Waals surface area contributed by atoms with Crippen molar-refractivity contribution in [2.75, 3.05) is 6.54 Å². The number of halogens is 3. The first kappa shape index (κ1) is 18.3. The Hall–Kier alpha value is -2.54. The molecule has 1 fully saturated rings. The lowest BCUT2D eigenvalue weighted by molar-refractivity contribution is -0.137. The molecule has 1 saturated heterocycles. The van der Waals surface area contributed by atoms with Gasteiger partial charge >= 0.3 is 6.18 Å². The summed E-state index contributed by atoms with van der Waals surface area (Å²) in [6, 6.07) is 12.2. The van der Waals surface area contributed by atoms with Gasteiger partial charge in [-0.3, -0.25) is 4.79 Å². The number of amides is 1. The molecular formula is C19H19F3N2O2. The molecule has 0 spiro atoms. The summed E-state index contributed by atoms with van der Waals surface area (Å²) >= 11 is 0. The molecule has 7 heteroatoms. The first-order chi connectivity index (χ1) is 12.4. The van der Waals surface area contributed by atoms with Crippen LogP contribution in [0, 0.1) is 0 Å². The molecule has 0 radical (unpaired) electrons. The van der Waals surface area contributed by atoms with Crippen LogP contribution in [0.2, 0.25) is 0 Å². The van der Waals surface area contributed by atoms with Crippen molar-refractivity contribution in [3.63, 3.8) is 0 Å². The predicted octanol–water partition coefficient (Wildman–Crippen LogP) is 3.26. The second-order valence-electron chi connectivity index (χ2n) is 6.14. The third-order valence-corrected chi connectivity index (χ3v) is 4.18. The number of hydrogen-bond donors (Lipinski definition) is 2. The summed E-state index contributed by atoms with van der Waals surface area (Å²) in [5.41, 5.74) is 0.768. The summed E-state index contributed by atoms with van der Waals surface area (Å²) < 4.78 is 43.7. The summed E-state index contributed by atoms with van der Waals surface area (Å²) in [6.07, 6.45) is -3.59. The third kappa shape index (κ3) is 4.76. The van der Waals surface area contributed by atoms with Crippen LogP contribution in [-0.2, 0) is 24.1 Å². The molecule has 138 valence electrons. The highest BCUT2D eigenvalue weighted by molar-refractivity contribution is 5.83. The van der Waals surface area contributed by atoms with Crippen molar-refractivity contribution >= 4 is 5.91 Å². The van der Waals surface area contributed by atoms with Crippen LogP contribution in [0.3, 0.4) is 0 Å². The highest BCUT2D eigenvalue weighted by Gasteiger charge is 2.30. The van der Waals surface area contributed by atoms with E-state index in [1.165, 1.54) is 6.07 Å². The minimum atomic E-state index is -4.36. The van der Waals surface area contributed by atoms with E-state index in [0.717, 1.165) is 24.1 Å². The van der Waals surface area contributed by atoms with Crippen LogP contribution in [0.5, 0.6) is 5.75 Å².